The Bertz CT molecular complexity index is 435. The van der Waals surface area contributed by atoms with E-state index < -0.39 is 0 Å². The van der Waals surface area contributed by atoms with E-state index in [2.05, 4.69) is 23.1 Å². The van der Waals surface area contributed by atoms with Gasteiger partial charge in [0.15, 0.2) is 0 Å². The molecule has 1 saturated heterocycles. The number of hydrogen-bond donors (Lipinski definition) is 1. The molecule has 4 heteroatoms. The van der Waals surface area contributed by atoms with Crippen LogP contribution in [-0.4, -0.2) is 33.8 Å². The zero-order valence-electron chi connectivity index (χ0n) is 12.2. The largest absolute Gasteiger partial charge is 0.330 e. The van der Waals surface area contributed by atoms with Crippen LogP contribution in [0.15, 0.2) is 6.20 Å². The van der Waals surface area contributed by atoms with Gasteiger partial charge in [-0.05, 0) is 51.6 Å². The van der Waals surface area contributed by atoms with Crippen LogP contribution in [0.4, 0.5) is 0 Å². The second kappa shape index (κ2) is 5.25. The van der Waals surface area contributed by atoms with Crippen molar-refractivity contribution >= 4 is 0 Å². The molecule has 3 rings (SSSR count). The van der Waals surface area contributed by atoms with Gasteiger partial charge in [0.2, 0.25) is 0 Å². The molecular weight excluding hydrogens is 236 g/mol. The maximum absolute atomic E-state index is 6.09. The molecule has 0 aromatic carbocycles. The Kier molecular flexibility index (Phi) is 3.63. The Balaban J connectivity index is 1.96. The van der Waals surface area contributed by atoms with Crippen molar-refractivity contribution in [3.05, 3.63) is 17.5 Å². The third-order valence-electron chi connectivity index (χ3n) is 4.96. The lowest BCUT2D eigenvalue weighted by Gasteiger charge is -2.35. The van der Waals surface area contributed by atoms with Gasteiger partial charge in [-0.1, -0.05) is 6.42 Å². The van der Waals surface area contributed by atoms with Crippen molar-refractivity contribution in [1.29, 1.82) is 0 Å². The number of rotatable bonds is 3. The summed E-state index contributed by atoms with van der Waals surface area (Å²) in [6, 6.07) is 1.30. The summed E-state index contributed by atoms with van der Waals surface area (Å²) in [5.74, 6) is 0.589. The maximum atomic E-state index is 6.09. The molecule has 1 aromatic rings. The normalized spacial score (nSPS) is 29.4. The van der Waals surface area contributed by atoms with Crippen LogP contribution in [0.3, 0.4) is 0 Å². The molecule has 2 aliphatic rings. The molecule has 1 aliphatic carbocycles. The predicted octanol–water partition coefficient (Wildman–Crippen LogP) is 1.99. The van der Waals surface area contributed by atoms with Crippen molar-refractivity contribution in [2.75, 3.05) is 13.1 Å². The zero-order valence-corrected chi connectivity index (χ0v) is 12.2. The summed E-state index contributed by atoms with van der Waals surface area (Å²) in [4.78, 5) is 2.73. The van der Waals surface area contributed by atoms with E-state index in [1.165, 1.54) is 49.9 Å². The fourth-order valence-corrected chi connectivity index (χ4v) is 3.57. The summed E-state index contributed by atoms with van der Waals surface area (Å²) < 4.78 is 2.00. The first-order valence-electron chi connectivity index (χ1n) is 7.66. The highest BCUT2D eigenvalue weighted by molar-refractivity contribution is 5.23. The van der Waals surface area contributed by atoms with Crippen LogP contribution >= 0.6 is 0 Å². The Morgan fingerprint density at radius 2 is 2.11 bits per heavy atom. The molecule has 1 aromatic heterocycles. The second-order valence-corrected chi connectivity index (χ2v) is 6.21. The van der Waals surface area contributed by atoms with Crippen LogP contribution < -0.4 is 5.73 Å². The summed E-state index contributed by atoms with van der Waals surface area (Å²) in [7, 11) is 2.04. The number of likely N-dealkylation sites (tertiary alicyclic amines) is 1. The molecule has 0 amide bonds. The maximum Gasteiger partial charge on any atom is 0.0540 e. The minimum Gasteiger partial charge on any atom is -0.330 e. The van der Waals surface area contributed by atoms with Crippen LogP contribution in [0.5, 0.6) is 0 Å². The Morgan fingerprint density at radius 3 is 2.68 bits per heavy atom. The van der Waals surface area contributed by atoms with Gasteiger partial charge in [0, 0.05) is 30.4 Å². The van der Waals surface area contributed by atoms with E-state index in [0.29, 0.717) is 12.0 Å². The minimum absolute atomic E-state index is 0.494. The molecule has 1 aliphatic heterocycles. The van der Waals surface area contributed by atoms with Crippen LogP contribution in [0.1, 0.15) is 49.4 Å². The molecule has 0 radical (unpaired) electrons. The number of nitrogens with two attached hydrogens (primary N) is 1. The minimum atomic E-state index is 0.494. The lowest BCUT2D eigenvalue weighted by atomic mass is 9.89. The smallest absolute Gasteiger partial charge is 0.0540 e. The van der Waals surface area contributed by atoms with Gasteiger partial charge in [-0.2, -0.15) is 5.10 Å². The molecule has 2 unspecified atom stereocenters. The van der Waals surface area contributed by atoms with Crippen molar-refractivity contribution in [1.82, 2.24) is 14.7 Å². The summed E-state index contributed by atoms with van der Waals surface area (Å²) in [6.45, 7) is 4.22. The van der Waals surface area contributed by atoms with Gasteiger partial charge in [0.25, 0.3) is 0 Å². The van der Waals surface area contributed by atoms with Gasteiger partial charge in [-0.15, -0.1) is 0 Å². The molecule has 2 N–H and O–H groups in total. The number of hydrogen-bond acceptors (Lipinski definition) is 3. The van der Waals surface area contributed by atoms with Crippen molar-refractivity contribution in [2.24, 2.45) is 18.7 Å². The van der Waals surface area contributed by atoms with E-state index in [9.17, 15) is 0 Å². The summed E-state index contributed by atoms with van der Waals surface area (Å²) in [6.07, 6.45) is 8.71. The monoisotopic (exact) mass is 262 g/mol. The van der Waals surface area contributed by atoms with Crippen LogP contribution in [0, 0.1) is 12.8 Å². The second-order valence-electron chi connectivity index (χ2n) is 6.21. The first-order chi connectivity index (χ1) is 9.22. The lowest BCUT2D eigenvalue weighted by Crippen LogP contribution is -2.37. The SMILES string of the molecule is Cc1c(C2C(CN)CCCCN2C2CC2)cnn1C. The fourth-order valence-electron chi connectivity index (χ4n) is 3.57. The third kappa shape index (κ3) is 2.43. The molecule has 2 fully saturated rings. The lowest BCUT2D eigenvalue weighted by molar-refractivity contribution is 0.148. The van der Waals surface area contributed by atoms with E-state index in [1.807, 2.05) is 11.7 Å². The highest BCUT2D eigenvalue weighted by Gasteiger charge is 2.39. The van der Waals surface area contributed by atoms with Gasteiger partial charge < -0.3 is 5.73 Å². The van der Waals surface area contributed by atoms with E-state index >= 15 is 0 Å². The third-order valence-corrected chi connectivity index (χ3v) is 4.96. The molecule has 0 bridgehead atoms. The topological polar surface area (TPSA) is 47.1 Å². The molecule has 4 nitrogen and oxygen atoms in total. The fraction of sp³-hybridized carbons (Fsp3) is 0.800. The molecule has 1 saturated carbocycles. The molecule has 2 atom stereocenters. The molecule has 2 heterocycles. The Morgan fingerprint density at radius 1 is 1.32 bits per heavy atom. The number of aryl methyl sites for hydroxylation is 1. The van der Waals surface area contributed by atoms with Gasteiger partial charge in [-0.25, -0.2) is 0 Å². The summed E-state index contributed by atoms with van der Waals surface area (Å²) in [5, 5.41) is 4.45. The zero-order chi connectivity index (χ0) is 13.4. The predicted molar refractivity (Wildman–Crippen MR) is 76.8 cm³/mol. The van der Waals surface area contributed by atoms with Crippen molar-refractivity contribution in [3.8, 4) is 0 Å². The first-order valence-corrected chi connectivity index (χ1v) is 7.66. The van der Waals surface area contributed by atoms with E-state index in [-0.39, 0.29) is 0 Å². The standard InChI is InChI=1S/C15H26N4/c1-11-14(10-17-18(11)2)15-12(9-16)5-3-4-8-19(15)13-6-7-13/h10,12-13,15H,3-9,16H2,1-2H3. The Labute approximate surface area is 116 Å². The quantitative estimate of drug-likeness (QED) is 0.906. The van der Waals surface area contributed by atoms with E-state index in [4.69, 9.17) is 5.73 Å². The highest BCUT2D eigenvalue weighted by atomic mass is 15.3. The van der Waals surface area contributed by atoms with Gasteiger partial charge in [0.05, 0.1) is 6.20 Å². The first kappa shape index (κ1) is 13.1. The van der Waals surface area contributed by atoms with Crippen LogP contribution in [0.25, 0.3) is 0 Å². The molecule has 106 valence electrons. The van der Waals surface area contributed by atoms with Crippen molar-refractivity contribution in [3.63, 3.8) is 0 Å². The molecular formula is C15H26N4. The van der Waals surface area contributed by atoms with Gasteiger partial charge >= 0.3 is 0 Å². The van der Waals surface area contributed by atoms with Crippen LogP contribution in [0.2, 0.25) is 0 Å². The Hall–Kier alpha value is -0.870. The van der Waals surface area contributed by atoms with E-state index in [1.54, 1.807) is 0 Å². The van der Waals surface area contributed by atoms with Gasteiger partial charge in [-0.3, -0.25) is 9.58 Å². The van der Waals surface area contributed by atoms with Gasteiger partial charge in [0.1, 0.15) is 0 Å². The van der Waals surface area contributed by atoms with E-state index in [0.717, 1.165) is 12.6 Å². The summed E-state index contributed by atoms with van der Waals surface area (Å²) in [5.41, 5.74) is 8.80. The highest BCUT2D eigenvalue weighted by Crippen LogP contribution is 2.42. The number of nitrogens with zero attached hydrogens (tertiary/aromatic N) is 3. The van der Waals surface area contributed by atoms with Crippen LogP contribution in [-0.2, 0) is 7.05 Å². The van der Waals surface area contributed by atoms with Crippen molar-refractivity contribution in [2.45, 2.75) is 51.1 Å². The average Bonchev–Trinajstić information content (AvgIpc) is 3.20. The van der Waals surface area contributed by atoms with Crippen molar-refractivity contribution < 1.29 is 0 Å². The summed E-state index contributed by atoms with van der Waals surface area (Å²) >= 11 is 0. The average molecular weight is 262 g/mol. The molecule has 0 spiro atoms. The number of aromatic nitrogens is 2. The molecule has 19 heavy (non-hydrogen) atoms.